The normalized spacial score (nSPS) is 13.6. The number of ether oxygens (including phenoxy) is 1. The van der Waals surface area contributed by atoms with Crippen molar-refractivity contribution in [2.45, 2.75) is 10.3 Å². The fourth-order valence-corrected chi connectivity index (χ4v) is 5.20. The van der Waals surface area contributed by atoms with Crippen LogP contribution in [0.3, 0.4) is 0 Å². The second-order valence-electron chi connectivity index (χ2n) is 3.78. The molecule has 20 heavy (non-hydrogen) atoms. The van der Waals surface area contributed by atoms with E-state index in [1.165, 1.54) is 24.5 Å². The van der Waals surface area contributed by atoms with Crippen molar-refractivity contribution in [1.29, 1.82) is 0 Å². The van der Waals surface area contributed by atoms with Gasteiger partial charge in [-0.1, -0.05) is 23.2 Å². The van der Waals surface area contributed by atoms with Crippen LogP contribution in [-0.4, -0.2) is 22.1 Å². The van der Waals surface area contributed by atoms with Crippen LogP contribution >= 0.6 is 45.9 Å². The number of thiophene rings is 2. The van der Waals surface area contributed by atoms with Crippen LogP contribution < -0.4 is 4.72 Å². The van der Waals surface area contributed by atoms with Crippen LogP contribution in [0.15, 0.2) is 28.5 Å². The maximum atomic E-state index is 12.1. The van der Waals surface area contributed by atoms with Crippen molar-refractivity contribution in [1.82, 2.24) is 4.72 Å². The van der Waals surface area contributed by atoms with Gasteiger partial charge in [-0.05, 0) is 24.3 Å². The number of rotatable bonds is 6. The summed E-state index contributed by atoms with van der Waals surface area (Å²) < 4.78 is 33.2. The summed E-state index contributed by atoms with van der Waals surface area (Å²) in [5.74, 6) is 0. The van der Waals surface area contributed by atoms with E-state index < -0.39 is 10.0 Å². The van der Waals surface area contributed by atoms with Crippen LogP contribution in [0.25, 0.3) is 0 Å². The first-order valence-corrected chi connectivity index (χ1v) is 9.32. The zero-order valence-electron chi connectivity index (χ0n) is 10.3. The summed E-state index contributed by atoms with van der Waals surface area (Å²) in [7, 11) is -2.05. The predicted octanol–water partition coefficient (Wildman–Crippen LogP) is 3.78. The van der Waals surface area contributed by atoms with Crippen molar-refractivity contribution < 1.29 is 13.2 Å². The van der Waals surface area contributed by atoms with Crippen molar-refractivity contribution >= 4 is 55.9 Å². The molecule has 2 aromatic heterocycles. The highest BCUT2D eigenvalue weighted by Crippen LogP contribution is 2.29. The average molecular weight is 372 g/mol. The van der Waals surface area contributed by atoms with E-state index in [9.17, 15) is 8.42 Å². The van der Waals surface area contributed by atoms with Gasteiger partial charge < -0.3 is 4.74 Å². The Kier molecular flexibility index (Phi) is 5.47. The van der Waals surface area contributed by atoms with Gasteiger partial charge in [-0.15, -0.1) is 22.7 Å². The third-order valence-corrected chi connectivity index (χ3v) is 6.94. The lowest BCUT2D eigenvalue weighted by Gasteiger charge is -2.14. The zero-order chi connectivity index (χ0) is 14.8. The van der Waals surface area contributed by atoms with Crippen molar-refractivity contribution in [3.05, 3.63) is 37.8 Å². The molecule has 4 nitrogen and oxygen atoms in total. The molecule has 0 aliphatic carbocycles. The van der Waals surface area contributed by atoms with Gasteiger partial charge in [0, 0.05) is 18.5 Å². The van der Waals surface area contributed by atoms with E-state index in [2.05, 4.69) is 4.72 Å². The molecular formula is C11H11Cl2NO3S3. The Morgan fingerprint density at radius 2 is 1.85 bits per heavy atom. The molecule has 0 saturated carbocycles. The van der Waals surface area contributed by atoms with Crippen LogP contribution in [0.2, 0.25) is 8.67 Å². The molecule has 1 unspecified atom stereocenters. The first-order valence-electron chi connectivity index (χ1n) is 5.45. The Hall–Kier alpha value is -0.150. The molecule has 0 bridgehead atoms. The van der Waals surface area contributed by atoms with E-state index >= 15 is 0 Å². The maximum absolute atomic E-state index is 12.1. The lowest BCUT2D eigenvalue weighted by atomic mass is 10.3. The first-order chi connectivity index (χ1) is 9.42. The molecule has 1 N–H and O–H groups in total. The van der Waals surface area contributed by atoms with E-state index in [1.54, 1.807) is 12.1 Å². The molecule has 2 aromatic rings. The number of hydrogen-bond acceptors (Lipinski definition) is 5. The summed E-state index contributed by atoms with van der Waals surface area (Å²) >= 11 is 14.0. The van der Waals surface area contributed by atoms with Gasteiger partial charge in [0.25, 0.3) is 0 Å². The Bertz CT molecular complexity index is 681. The minimum Gasteiger partial charge on any atom is -0.375 e. The SMILES string of the molecule is COC(CNS(=O)(=O)c1ccc(Cl)s1)c1ccc(Cl)s1. The van der Waals surface area contributed by atoms with Gasteiger partial charge >= 0.3 is 0 Å². The minimum absolute atomic E-state index is 0.130. The van der Waals surface area contributed by atoms with Gasteiger partial charge in [0.1, 0.15) is 10.3 Å². The first kappa shape index (κ1) is 16.2. The fourth-order valence-electron chi connectivity index (χ4n) is 1.50. The Labute approximate surface area is 135 Å². The molecule has 2 heterocycles. The van der Waals surface area contributed by atoms with Crippen LogP contribution in [0.5, 0.6) is 0 Å². The van der Waals surface area contributed by atoms with Crippen molar-refractivity contribution in [2.75, 3.05) is 13.7 Å². The standard InChI is InChI=1S/C11H11Cl2NO3S3/c1-17-7(8-2-3-9(12)18-8)6-14-20(15,16)11-5-4-10(13)19-11/h2-5,7,14H,6H2,1H3. The van der Waals surface area contributed by atoms with E-state index in [0.29, 0.717) is 8.67 Å². The molecule has 2 rings (SSSR count). The largest absolute Gasteiger partial charge is 0.375 e. The van der Waals surface area contributed by atoms with E-state index in [4.69, 9.17) is 27.9 Å². The maximum Gasteiger partial charge on any atom is 0.250 e. The number of halogens is 2. The highest BCUT2D eigenvalue weighted by Gasteiger charge is 2.20. The van der Waals surface area contributed by atoms with Crippen molar-refractivity contribution in [3.8, 4) is 0 Å². The predicted molar refractivity (Wildman–Crippen MR) is 83.6 cm³/mol. The second kappa shape index (κ2) is 6.74. The lowest BCUT2D eigenvalue weighted by molar-refractivity contribution is 0.110. The topological polar surface area (TPSA) is 55.4 Å². The fraction of sp³-hybridized carbons (Fsp3) is 0.273. The molecule has 0 fully saturated rings. The van der Waals surface area contributed by atoms with Crippen LogP contribution in [0, 0.1) is 0 Å². The molecule has 0 amide bonds. The van der Waals surface area contributed by atoms with Crippen LogP contribution in [-0.2, 0) is 14.8 Å². The number of nitrogens with one attached hydrogen (secondary N) is 1. The quantitative estimate of drug-likeness (QED) is 0.840. The lowest BCUT2D eigenvalue weighted by Crippen LogP contribution is -2.28. The van der Waals surface area contributed by atoms with Gasteiger partial charge in [-0.3, -0.25) is 0 Å². The summed E-state index contributed by atoms with van der Waals surface area (Å²) in [6.45, 7) is 0.130. The number of sulfonamides is 1. The molecule has 9 heteroatoms. The van der Waals surface area contributed by atoms with Crippen LogP contribution in [0.4, 0.5) is 0 Å². The summed E-state index contributed by atoms with van der Waals surface area (Å²) in [6, 6.07) is 6.59. The number of methoxy groups -OCH3 is 1. The van der Waals surface area contributed by atoms with Gasteiger partial charge in [0.15, 0.2) is 0 Å². The van der Waals surface area contributed by atoms with Crippen molar-refractivity contribution in [3.63, 3.8) is 0 Å². The summed E-state index contributed by atoms with van der Waals surface area (Å²) in [5, 5.41) is 0. The van der Waals surface area contributed by atoms with E-state index in [0.717, 1.165) is 16.2 Å². The second-order valence-corrected chi connectivity index (χ2v) is 9.23. The third kappa shape index (κ3) is 3.94. The number of hydrogen-bond donors (Lipinski definition) is 1. The van der Waals surface area contributed by atoms with Gasteiger partial charge in [-0.2, -0.15) is 0 Å². The summed E-state index contributed by atoms with van der Waals surface area (Å²) in [6.07, 6.45) is -0.377. The smallest absolute Gasteiger partial charge is 0.250 e. The summed E-state index contributed by atoms with van der Waals surface area (Å²) in [5.41, 5.74) is 0. The van der Waals surface area contributed by atoms with Gasteiger partial charge in [0.05, 0.1) is 8.67 Å². The molecule has 1 atom stereocenters. The average Bonchev–Trinajstić information content (AvgIpc) is 2.99. The molecule has 0 aliphatic heterocycles. The highest BCUT2D eigenvalue weighted by atomic mass is 35.5. The zero-order valence-corrected chi connectivity index (χ0v) is 14.3. The molecule has 0 spiro atoms. The van der Waals surface area contributed by atoms with Gasteiger partial charge in [-0.25, -0.2) is 13.1 Å². The third-order valence-electron chi connectivity index (χ3n) is 2.47. The van der Waals surface area contributed by atoms with E-state index in [1.807, 2.05) is 6.07 Å². The molecule has 110 valence electrons. The van der Waals surface area contributed by atoms with E-state index in [-0.39, 0.29) is 16.9 Å². The van der Waals surface area contributed by atoms with Crippen LogP contribution in [0.1, 0.15) is 11.0 Å². The Morgan fingerprint density at radius 1 is 1.20 bits per heavy atom. The molecule has 0 aromatic carbocycles. The Morgan fingerprint density at radius 3 is 2.35 bits per heavy atom. The molecule has 0 saturated heterocycles. The van der Waals surface area contributed by atoms with Crippen molar-refractivity contribution in [2.24, 2.45) is 0 Å². The monoisotopic (exact) mass is 371 g/mol. The highest BCUT2D eigenvalue weighted by molar-refractivity contribution is 7.91. The van der Waals surface area contributed by atoms with Gasteiger partial charge in [0.2, 0.25) is 10.0 Å². The molecule has 0 radical (unpaired) electrons. The Balaban J connectivity index is 2.06. The summed E-state index contributed by atoms with van der Waals surface area (Å²) in [4.78, 5) is 0.865. The minimum atomic E-state index is -3.57. The molecular weight excluding hydrogens is 361 g/mol. The molecule has 0 aliphatic rings.